The molecule has 3 N–H and O–H groups in total. The van der Waals surface area contributed by atoms with Gasteiger partial charge in [0, 0.05) is 17.6 Å². The van der Waals surface area contributed by atoms with Gasteiger partial charge in [0.05, 0.1) is 0 Å². The average molecular weight is 292 g/mol. The molecule has 2 atom stereocenters. The number of nitrogens with one attached hydrogen (secondary N) is 1. The maximum Gasteiger partial charge on any atom is 0.227 e. The molecule has 112 valence electrons. The van der Waals surface area contributed by atoms with Crippen LogP contribution in [0.4, 0.5) is 5.69 Å². The van der Waals surface area contributed by atoms with Crippen molar-refractivity contribution >= 4 is 11.6 Å². The summed E-state index contributed by atoms with van der Waals surface area (Å²) < 4.78 is 0. The topological polar surface area (TPSA) is 55.1 Å². The van der Waals surface area contributed by atoms with Crippen molar-refractivity contribution in [1.29, 1.82) is 0 Å². The first kappa shape index (κ1) is 13.5. The summed E-state index contributed by atoms with van der Waals surface area (Å²) in [5, 5.41) is 3.07. The molecule has 2 unspecified atom stereocenters. The van der Waals surface area contributed by atoms with Crippen molar-refractivity contribution in [3.8, 4) is 11.1 Å². The minimum atomic E-state index is 0.0699. The zero-order valence-electron chi connectivity index (χ0n) is 12.5. The van der Waals surface area contributed by atoms with Crippen molar-refractivity contribution in [3.63, 3.8) is 0 Å². The maximum atomic E-state index is 12.3. The van der Waals surface area contributed by atoms with Crippen LogP contribution in [0.2, 0.25) is 0 Å². The number of rotatable bonds is 2. The van der Waals surface area contributed by atoms with Crippen LogP contribution in [0.15, 0.2) is 42.5 Å². The fourth-order valence-electron chi connectivity index (χ4n) is 3.72. The molecule has 3 nitrogen and oxygen atoms in total. The third kappa shape index (κ3) is 2.32. The zero-order valence-corrected chi connectivity index (χ0v) is 12.5. The van der Waals surface area contributed by atoms with Gasteiger partial charge in [0.2, 0.25) is 5.91 Å². The Balaban J connectivity index is 1.54. The van der Waals surface area contributed by atoms with Gasteiger partial charge in [0.1, 0.15) is 0 Å². The van der Waals surface area contributed by atoms with Gasteiger partial charge in [-0.1, -0.05) is 30.3 Å². The van der Waals surface area contributed by atoms with E-state index in [2.05, 4.69) is 41.7 Å². The molecule has 22 heavy (non-hydrogen) atoms. The highest BCUT2D eigenvalue weighted by Gasteiger charge is 2.28. The molecular weight excluding hydrogens is 272 g/mol. The lowest BCUT2D eigenvalue weighted by molar-refractivity contribution is -0.119. The van der Waals surface area contributed by atoms with Crippen molar-refractivity contribution in [2.24, 2.45) is 11.7 Å². The van der Waals surface area contributed by atoms with Crippen molar-refractivity contribution < 1.29 is 4.79 Å². The summed E-state index contributed by atoms with van der Waals surface area (Å²) in [5.41, 5.74) is 12.1. The summed E-state index contributed by atoms with van der Waals surface area (Å²) in [4.78, 5) is 12.3. The van der Waals surface area contributed by atoms with Crippen molar-refractivity contribution in [3.05, 3.63) is 53.6 Å². The van der Waals surface area contributed by atoms with E-state index < -0.39 is 0 Å². The van der Waals surface area contributed by atoms with E-state index in [-0.39, 0.29) is 17.9 Å². The Bertz CT molecular complexity index is 738. The zero-order chi connectivity index (χ0) is 15.1. The lowest BCUT2D eigenvalue weighted by atomic mass is 10.0. The molecule has 1 amide bonds. The van der Waals surface area contributed by atoms with Crippen LogP contribution < -0.4 is 11.1 Å². The van der Waals surface area contributed by atoms with Crippen molar-refractivity contribution in [2.75, 3.05) is 5.32 Å². The van der Waals surface area contributed by atoms with E-state index in [1.807, 2.05) is 6.07 Å². The van der Waals surface area contributed by atoms with Gasteiger partial charge in [0.15, 0.2) is 0 Å². The normalized spacial score (nSPS) is 22.2. The second kappa shape index (κ2) is 5.25. The van der Waals surface area contributed by atoms with E-state index in [4.69, 9.17) is 5.73 Å². The first-order chi connectivity index (χ1) is 10.7. The predicted octanol–water partition coefficient (Wildman–Crippen LogP) is 3.32. The number of amides is 1. The Kier molecular flexibility index (Phi) is 3.23. The van der Waals surface area contributed by atoms with Gasteiger partial charge in [-0.15, -0.1) is 0 Å². The van der Waals surface area contributed by atoms with Gasteiger partial charge in [-0.25, -0.2) is 0 Å². The molecule has 2 aromatic carbocycles. The minimum Gasteiger partial charge on any atom is -0.328 e. The van der Waals surface area contributed by atoms with E-state index in [1.54, 1.807) is 0 Å². The molecule has 4 rings (SSSR count). The van der Waals surface area contributed by atoms with Crippen LogP contribution in [0.25, 0.3) is 11.1 Å². The number of hydrogen-bond acceptors (Lipinski definition) is 2. The largest absolute Gasteiger partial charge is 0.328 e. The summed E-state index contributed by atoms with van der Waals surface area (Å²) in [5.74, 6) is 0.184. The number of carbonyl (C=O) groups is 1. The van der Waals surface area contributed by atoms with E-state index in [9.17, 15) is 4.79 Å². The molecule has 0 aromatic heterocycles. The second-order valence-corrected chi connectivity index (χ2v) is 6.47. The van der Waals surface area contributed by atoms with Crippen LogP contribution in [0.3, 0.4) is 0 Å². The molecule has 2 aromatic rings. The molecule has 0 radical (unpaired) electrons. The third-order valence-corrected chi connectivity index (χ3v) is 4.91. The highest BCUT2D eigenvalue weighted by Crippen LogP contribution is 2.37. The number of nitrogens with two attached hydrogens (primary N) is 1. The van der Waals surface area contributed by atoms with Crippen LogP contribution in [0, 0.1) is 5.92 Å². The quantitative estimate of drug-likeness (QED) is 0.761. The lowest BCUT2D eigenvalue weighted by Gasteiger charge is -2.12. The molecule has 0 aliphatic heterocycles. The Morgan fingerprint density at radius 1 is 1.05 bits per heavy atom. The number of carbonyl (C=O) groups excluding carboxylic acids is 1. The standard InChI is InChI=1S/C19H20N2O/c20-15-6-5-13(10-15)19(22)21-16-7-8-18-14(11-16)9-12-3-1-2-4-17(12)18/h1-4,7-8,11,13,15H,5-6,9-10,20H2,(H,21,22). The van der Waals surface area contributed by atoms with Crippen LogP contribution in [-0.4, -0.2) is 11.9 Å². The molecule has 3 heteroatoms. The molecule has 1 fully saturated rings. The van der Waals surface area contributed by atoms with Crippen molar-refractivity contribution in [2.45, 2.75) is 31.7 Å². The Hall–Kier alpha value is -2.13. The lowest BCUT2D eigenvalue weighted by Crippen LogP contribution is -2.23. The first-order valence-electron chi connectivity index (χ1n) is 7.98. The SMILES string of the molecule is NC1CCC(C(=O)Nc2ccc3c(c2)Cc2ccccc2-3)C1. The van der Waals surface area contributed by atoms with Gasteiger partial charge in [-0.3, -0.25) is 4.79 Å². The predicted molar refractivity (Wildman–Crippen MR) is 88.6 cm³/mol. The number of anilines is 1. The molecule has 2 aliphatic carbocycles. The van der Waals surface area contributed by atoms with Crippen LogP contribution in [0.5, 0.6) is 0 Å². The molecule has 0 saturated heterocycles. The third-order valence-electron chi connectivity index (χ3n) is 4.91. The fraction of sp³-hybridized carbons (Fsp3) is 0.316. The second-order valence-electron chi connectivity index (χ2n) is 6.47. The van der Waals surface area contributed by atoms with E-state index in [0.717, 1.165) is 31.4 Å². The Morgan fingerprint density at radius 3 is 2.68 bits per heavy atom. The van der Waals surface area contributed by atoms with Gasteiger partial charge in [-0.2, -0.15) is 0 Å². The summed E-state index contributed by atoms with van der Waals surface area (Å²) >= 11 is 0. The summed E-state index contributed by atoms with van der Waals surface area (Å²) in [6, 6.07) is 14.9. The summed E-state index contributed by atoms with van der Waals surface area (Å²) in [7, 11) is 0. The number of hydrogen-bond donors (Lipinski definition) is 2. The minimum absolute atomic E-state index is 0.0699. The van der Waals surface area contributed by atoms with Gasteiger partial charge < -0.3 is 11.1 Å². The molecule has 0 heterocycles. The van der Waals surface area contributed by atoms with Crippen molar-refractivity contribution in [1.82, 2.24) is 0 Å². The maximum absolute atomic E-state index is 12.3. The van der Waals surface area contributed by atoms with E-state index in [0.29, 0.717) is 0 Å². The molecule has 0 bridgehead atoms. The summed E-state index contributed by atoms with van der Waals surface area (Å²) in [6.07, 6.45) is 3.62. The first-order valence-corrected chi connectivity index (χ1v) is 7.98. The van der Waals surface area contributed by atoms with Gasteiger partial charge in [-0.05, 0) is 60.1 Å². The number of fused-ring (bicyclic) bond motifs is 3. The van der Waals surface area contributed by atoms with Crippen LogP contribution >= 0.6 is 0 Å². The fourth-order valence-corrected chi connectivity index (χ4v) is 3.72. The van der Waals surface area contributed by atoms with E-state index in [1.165, 1.54) is 22.3 Å². The molecular formula is C19H20N2O. The van der Waals surface area contributed by atoms with E-state index >= 15 is 0 Å². The number of benzene rings is 2. The smallest absolute Gasteiger partial charge is 0.227 e. The van der Waals surface area contributed by atoms with Gasteiger partial charge >= 0.3 is 0 Å². The Morgan fingerprint density at radius 2 is 1.86 bits per heavy atom. The molecule has 0 spiro atoms. The van der Waals surface area contributed by atoms with Gasteiger partial charge in [0.25, 0.3) is 0 Å². The summed E-state index contributed by atoms with van der Waals surface area (Å²) in [6.45, 7) is 0. The monoisotopic (exact) mass is 292 g/mol. The highest BCUT2D eigenvalue weighted by molar-refractivity contribution is 5.93. The Labute approximate surface area is 130 Å². The average Bonchev–Trinajstić information content (AvgIpc) is 3.10. The highest BCUT2D eigenvalue weighted by atomic mass is 16.1. The van der Waals surface area contributed by atoms with Crippen LogP contribution in [0.1, 0.15) is 30.4 Å². The van der Waals surface area contributed by atoms with Crippen LogP contribution in [-0.2, 0) is 11.2 Å². The molecule has 2 aliphatic rings. The molecule has 1 saturated carbocycles.